The lowest BCUT2D eigenvalue weighted by molar-refractivity contribution is 0.0486. The van der Waals surface area contributed by atoms with Crippen molar-refractivity contribution in [3.63, 3.8) is 0 Å². The Labute approximate surface area is 112 Å². The fraction of sp³-hybridized carbons (Fsp3) is 0.571. The third kappa shape index (κ3) is 3.44. The number of carboxylic acids is 1. The highest BCUT2D eigenvalue weighted by molar-refractivity contribution is 5.88. The van der Waals surface area contributed by atoms with Gasteiger partial charge in [-0.05, 0) is 36.8 Å². The van der Waals surface area contributed by atoms with Crippen LogP contribution in [-0.2, 0) is 0 Å². The van der Waals surface area contributed by atoms with E-state index in [0.717, 1.165) is 25.1 Å². The molecule has 0 aliphatic heterocycles. The molecule has 19 heavy (non-hydrogen) atoms. The average Bonchev–Trinajstić information content (AvgIpc) is 2.32. The lowest BCUT2D eigenvalue weighted by Gasteiger charge is -2.31. The minimum Gasteiger partial charge on any atom is -0.478 e. The first-order valence-corrected chi connectivity index (χ1v) is 6.63. The second kappa shape index (κ2) is 5.57. The summed E-state index contributed by atoms with van der Waals surface area (Å²) in [7, 11) is 0. The van der Waals surface area contributed by atoms with Crippen LogP contribution in [0.2, 0.25) is 0 Å². The topological polar surface area (TPSA) is 82.5 Å². The Bertz CT molecular complexity index is 468. The van der Waals surface area contributed by atoms with Gasteiger partial charge in [-0.3, -0.25) is 0 Å². The maximum absolute atomic E-state index is 11.1. The predicted molar refractivity (Wildman–Crippen MR) is 72.5 cm³/mol. The van der Waals surface area contributed by atoms with E-state index in [1.54, 1.807) is 12.1 Å². The lowest BCUT2D eigenvalue weighted by atomic mass is 9.82. The summed E-state index contributed by atoms with van der Waals surface area (Å²) >= 11 is 0. The van der Waals surface area contributed by atoms with Gasteiger partial charge in [0, 0.05) is 12.2 Å². The van der Waals surface area contributed by atoms with Crippen LogP contribution in [0, 0.1) is 5.92 Å². The minimum atomic E-state index is -0.939. The average molecular weight is 264 g/mol. The summed E-state index contributed by atoms with van der Waals surface area (Å²) < 4.78 is 0. The number of nitrogens with one attached hydrogen (secondary N) is 1. The van der Waals surface area contributed by atoms with E-state index in [0.29, 0.717) is 11.7 Å². The van der Waals surface area contributed by atoms with E-state index in [9.17, 15) is 9.90 Å². The number of aliphatic hydroxyl groups is 1. The molecule has 1 aliphatic rings. The van der Waals surface area contributed by atoms with Gasteiger partial charge in [0.25, 0.3) is 0 Å². The maximum Gasteiger partial charge on any atom is 0.335 e. The van der Waals surface area contributed by atoms with Crippen LogP contribution in [0.1, 0.15) is 48.7 Å². The Morgan fingerprint density at radius 2 is 2.16 bits per heavy atom. The lowest BCUT2D eigenvalue weighted by Crippen LogP contribution is -2.33. The highest BCUT2D eigenvalue weighted by Gasteiger charge is 2.26. The molecule has 1 aliphatic carbocycles. The first kappa shape index (κ1) is 13.8. The zero-order chi connectivity index (χ0) is 14.0. The molecule has 0 atom stereocenters. The first-order chi connectivity index (χ1) is 8.95. The molecule has 0 aromatic carbocycles. The van der Waals surface area contributed by atoms with Gasteiger partial charge in [-0.25, -0.2) is 9.78 Å². The highest BCUT2D eigenvalue weighted by Crippen LogP contribution is 2.27. The van der Waals surface area contributed by atoms with Crippen LogP contribution >= 0.6 is 0 Å². The summed E-state index contributed by atoms with van der Waals surface area (Å²) in [6, 6.07) is 3.18. The number of rotatable bonds is 5. The number of nitrogens with zero attached hydrogens (tertiary/aromatic N) is 1. The van der Waals surface area contributed by atoms with E-state index in [-0.39, 0.29) is 17.6 Å². The Hall–Kier alpha value is -1.62. The van der Waals surface area contributed by atoms with Crippen LogP contribution in [0.3, 0.4) is 0 Å². The largest absolute Gasteiger partial charge is 0.478 e. The molecule has 1 aromatic heterocycles. The molecule has 0 unspecified atom stereocenters. The molecule has 2 rings (SSSR count). The Morgan fingerprint density at radius 1 is 1.47 bits per heavy atom. The molecular weight excluding hydrogens is 244 g/mol. The highest BCUT2D eigenvalue weighted by atomic mass is 16.4. The number of carbonyl (C=O) groups is 1. The molecule has 0 bridgehead atoms. The van der Waals surface area contributed by atoms with Gasteiger partial charge < -0.3 is 15.5 Å². The number of anilines is 1. The van der Waals surface area contributed by atoms with E-state index < -0.39 is 5.97 Å². The van der Waals surface area contributed by atoms with Crippen LogP contribution in [0.5, 0.6) is 0 Å². The van der Waals surface area contributed by atoms with Crippen molar-refractivity contribution in [2.45, 2.75) is 38.7 Å². The molecular formula is C14H20N2O3. The van der Waals surface area contributed by atoms with Crippen molar-refractivity contribution < 1.29 is 15.0 Å². The summed E-state index contributed by atoms with van der Waals surface area (Å²) in [4.78, 5) is 15.5. The van der Waals surface area contributed by atoms with Gasteiger partial charge in [-0.15, -0.1) is 0 Å². The molecule has 0 radical (unpaired) electrons. The first-order valence-electron chi connectivity index (χ1n) is 6.63. The Morgan fingerprint density at radius 3 is 2.68 bits per heavy atom. The van der Waals surface area contributed by atoms with Crippen molar-refractivity contribution >= 4 is 11.8 Å². The van der Waals surface area contributed by atoms with Gasteiger partial charge in [0.05, 0.1) is 11.7 Å². The molecule has 5 nitrogen and oxygen atoms in total. The van der Waals surface area contributed by atoms with Crippen molar-refractivity contribution in [3.8, 4) is 0 Å². The molecule has 0 amide bonds. The van der Waals surface area contributed by atoms with Crippen molar-refractivity contribution in [2.24, 2.45) is 5.92 Å². The van der Waals surface area contributed by atoms with Gasteiger partial charge in [-0.1, -0.05) is 13.8 Å². The molecule has 3 N–H and O–H groups in total. The van der Waals surface area contributed by atoms with Crippen molar-refractivity contribution in [2.75, 3.05) is 11.9 Å². The molecule has 5 heteroatoms. The summed E-state index contributed by atoms with van der Waals surface area (Å²) in [5.41, 5.74) is 1.03. The number of aliphatic hydroxyl groups excluding tert-OH is 1. The normalized spacial score (nSPS) is 22.1. The van der Waals surface area contributed by atoms with Crippen molar-refractivity contribution in [1.82, 2.24) is 4.98 Å². The standard InChI is InChI=1S/C14H20N2O3/c1-8(2)12-5-10(14(18)19)6-13(16-12)15-7-9-3-11(17)4-9/h5-6,8-9,11,17H,3-4,7H2,1-2H3,(H,15,16)(H,18,19). The van der Waals surface area contributed by atoms with Crippen LogP contribution in [0.15, 0.2) is 12.1 Å². The Kier molecular flexibility index (Phi) is 4.04. The van der Waals surface area contributed by atoms with Crippen molar-refractivity contribution in [1.29, 1.82) is 0 Å². The minimum absolute atomic E-state index is 0.170. The zero-order valence-electron chi connectivity index (χ0n) is 11.3. The van der Waals surface area contributed by atoms with E-state index in [1.165, 1.54) is 0 Å². The molecule has 1 saturated carbocycles. The third-order valence-electron chi connectivity index (χ3n) is 3.47. The van der Waals surface area contributed by atoms with Crippen LogP contribution in [0.25, 0.3) is 0 Å². The van der Waals surface area contributed by atoms with Gasteiger partial charge in [0.2, 0.25) is 0 Å². The SMILES string of the molecule is CC(C)c1cc(C(=O)O)cc(NCC2CC(O)C2)n1. The summed E-state index contributed by atoms with van der Waals surface area (Å²) in [6.45, 7) is 4.70. The molecule has 104 valence electrons. The van der Waals surface area contributed by atoms with Crippen LogP contribution in [0.4, 0.5) is 5.82 Å². The predicted octanol–water partition coefficient (Wildman–Crippen LogP) is 2.09. The van der Waals surface area contributed by atoms with Gasteiger partial charge in [0.15, 0.2) is 0 Å². The smallest absolute Gasteiger partial charge is 0.335 e. The molecule has 0 spiro atoms. The second-order valence-corrected chi connectivity index (χ2v) is 5.50. The summed E-state index contributed by atoms with van der Waals surface area (Å²) in [5, 5.41) is 21.5. The summed E-state index contributed by atoms with van der Waals surface area (Å²) in [6.07, 6.45) is 1.45. The van der Waals surface area contributed by atoms with E-state index >= 15 is 0 Å². The number of aromatic carboxylic acids is 1. The molecule has 1 aromatic rings. The van der Waals surface area contributed by atoms with E-state index in [2.05, 4.69) is 10.3 Å². The van der Waals surface area contributed by atoms with Gasteiger partial charge in [0.1, 0.15) is 5.82 Å². The number of carboxylic acid groups (broad SMARTS) is 1. The third-order valence-corrected chi connectivity index (χ3v) is 3.47. The second-order valence-electron chi connectivity index (χ2n) is 5.50. The summed E-state index contributed by atoms with van der Waals surface area (Å²) in [5.74, 6) is 0.301. The van der Waals surface area contributed by atoms with Gasteiger partial charge in [-0.2, -0.15) is 0 Å². The van der Waals surface area contributed by atoms with Crippen LogP contribution in [-0.4, -0.2) is 33.8 Å². The Balaban J connectivity index is 2.07. The van der Waals surface area contributed by atoms with E-state index in [4.69, 9.17) is 5.11 Å². The van der Waals surface area contributed by atoms with Crippen LogP contribution < -0.4 is 5.32 Å². The quantitative estimate of drug-likeness (QED) is 0.758. The van der Waals surface area contributed by atoms with Gasteiger partial charge >= 0.3 is 5.97 Å². The van der Waals surface area contributed by atoms with Crippen molar-refractivity contribution in [3.05, 3.63) is 23.4 Å². The maximum atomic E-state index is 11.1. The van der Waals surface area contributed by atoms with E-state index in [1.807, 2.05) is 13.8 Å². The molecule has 1 fully saturated rings. The fourth-order valence-corrected chi connectivity index (χ4v) is 2.18. The zero-order valence-corrected chi connectivity index (χ0v) is 11.3. The number of aromatic nitrogens is 1. The fourth-order valence-electron chi connectivity index (χ4n) is 2.18. The monoisotopic (exact) mass is 264 g/mol. The number of pyridine rings is 1. The number of hydrogen-bond donors (Lipinski definition) is 3. The molecule has 1 heterocycles. The molecule has 0 saturated heterocycles. The number of hydrogen-bond acceptors (Lipinski definition) is 4.